The van der Waals surface area contributed by atoms with E-state index < -0.39 is 10.8 Å². The first-order chi connectivity index (χ1) is 11.0. The minimum absolute atomic E-state index is 0.0458. The summed E-state index contributed by atoms with van der Waals surface area (Å²) in [6.07, 6.45) is 12.2. The van der Waals surface area contributed by atoms with Gasteiger partial charge in [-0.2, -0.15) is 0 Å². The molecule has 0 spiro atoms. The van der Waals surface area contributed by atoms with Crippen LogP contribution in [0.15, 0.2) is 75.1 Å². The van der Waals surface area contributed by atoms with E-state index in [9.17, 15) is 0 Å². The van der Waals surface area contributed by atoms with E-state index in [2.05, 4.69) is 79.7 Å². The lowest BCUT2D eigenvalue weighted by Gasteiger charge is -2.67. The number of hydrogen-bond donors (Lipinski definition) is 0. The lowest BCUT2D eigenvalue weighted by Crippen LogP contribution is -2.66. The molecule has 1 saturated heterocycles. The Morgan fingerprint density at radius 2 is 1.42 bits per heavy atom. The summed E-state index contributed by atoms with van der Waals surface area (Å²) in [5.74, 6) is 0.971. The molecule has 24 heavy (non-hydrogen) atoms. The Bertz CT molecular complexity index is 637. The highest BCUT2D eigenvalue weighted by atomic mass is 16.5. The summed E-state index contributed by atoms with van der Waals surface area (Å²) in [6, 6.07) is 0. The zero-order valence-corrected chi connectivity index (χ0v) is 16.0. The molecule has 0 N–H and O–H groups in total. The molecule has 1 fully saturated rings. The summed E-state index contributed by atoms with van der Waals surface area (Å²) < 4.78 is 6.59. The zero-order chi connectivity index (χ0) is 18.6. The van der Waals surface area contributed by atoms with Gasteiger partial charge in [-0.05, 0) is 19.9 Å². The minimum Gasteiger partial charge on any atom is -0.491 e. The van der Waals surface area contributed by atoms with Crippen molar-refractivity contribution in [1.29, 1.82) is 0 Å². The van der Waals surface area contributed by atoms with Crippen LogP contribution in [-0.2, 0) is 4.74 Å². The third kappa shape index (κ3) is 1.56. The third-order valence-corrected chi connectivity index (χ3v) is 7.59. The van der Waals surface area contributed by atoms with Crippen molar-refractivity contribution in [3.05, 3.63) is 75.1 Å². The second-order valence-electron chi connectivity index (χ2n) is 8.29. The molecular weight excluding hydrogens is 292 g/mol. The Hall–Kier alpha value is -1.76. The molecule has 0 amide bonds. The first kappa shape index (κ1) is 18.6. The monoisotopic (exact) mass is 324 g/mol. The van der Waals surface area contributed by atoms with Crippen LogP contribution < -0.4 is 0 Å². The second kappa shape index (κ2) is 5.12. The van der Waals surface area contributed by atoms with E-state index in [1.54, 1.807) is 0 Å². The van der Waals surface area contributed by atoms with E-state index in [4.69, 9.17) is 4.74 Å². The van der Waals surface area contributed by atoms with E-state index in [1.165, 1.54) is 0 Å². The molecule has 2 aliphatic rings. The van der Waals surface area contributed by atoms with Gasteiger partial charge in [-0.1, -0.05) is 51.2 Å². The van der Waals surface area contributed by atoms with Crippen LogP contribution in [0, 0.1) is 27.6 Å². The molecule has 0 bridgehead atoms. The number of hydrogen-bond acceptors (Lipinski definition) is 1. The van der Waals surface area contributed by atoms with Crippen molar-refractivity contribution in [1.82, 2.24) is 0 Å². The van der Waals surface area contributed by atoms with Gasteiger partial charge in [0.05, 0.1) is 5.41 Å². The maximum atomic E-state index is 6.59. The molecule has 0 saturated carbocycles. The summed E-state index contributed by atoms with van der Waals surface area (Å²) in [4.78, 5) is 0. The highest BCUT2D eigenvalue weighted by molar-refractivity contribution is 5.48. The van der Waals surface area contributed by atoms with Gasteiger partial charge in [0.1, 0.15) is 11.4 Å². The molecule has 0 aromatic carbocycles. The Morgan fingerprint density at radius 1 is 0.875 bits per heavy atom. The molecule has 1 aliphatic heterocycles. The Balaban J connectivity index is 3.00. The normalized spacial score (nSPS) is 38.0. The topological polar surface area (TPSA) is 9.23 Å². The third-order valence-electron chi connectivity index (χ3n) is 7.59. The number of rotatable bonds is 5. The van der Waals surface area contributed by atoms with E-state index in [-0.39, 0.29) is 22.3 Å². The van der Waals surface area contributed by atoms with Crippen LogP contribution in [0.2, 0.25) is 0 Å². The molecular formula is C23H32O. The molecule has 130 valence electrons. The maximum Gasteiger partial charge on any atom is 0.109 e. The van der Waals surface area contributed by atoms with Gasteiger partial charge in [0, 0.05) is 22.2 Å². The van der Waals surface area contributed by atoms with Crippen molar-refractivity contribution in [2.45, 2.75) is 40.2 Å². The van der Waals surface area contributed by atoms with Crippen LogP contribution in [0.4, 0.5) is 0 Å². The molecule has 1 nitrogen and oxygen atoms in total. The predicted molar refractivity (Wildman–Crippen MR) is 104 cm³/mol. The maximum absolute atomic E-state index is 6.59. The smallest absolute Gasteiger partial charge is 0.109 e. The summed E-state index contributed by atoms with van der Waals surface area (Å²) in [7, 11) is 0. The molecule has 2 rings (SSSR count). The minimum atomic E-state index is -0.511. The molecule has 3 atom stereocenters. The van der Waals surface area contributed by atoms with Gasteiger partial charge in [0.15, 0.2) is 0 Å². The van der Waals surface area contributed by atoms with Gasteiger partial charge in [-0.15, -0.1) is 32.9 Å². The Labute approximate surface area is 148 Å². The van der Waals surface area contributed by atoms with Crippen molar-refractivity contribution in [3.8, 4) is 0 Å². The van der Waals surface area contributed by atoms with Crippen molar-refractivity contribution in [3.63, 3.8) is 0 Å². The number of ether oxygens (including phenoxy) is 1. The standard InChI is InChI=1S/C23H32O/c1-11-17-16-18-23(15-5,22(17,13-3)14-4)21(10,12-2)19(6,7)20(8,9)24-18/h11-17H,1-5H2,6-10H3. The molecule has 1 heterocycles. The van der Waals surface area contributed by atoms with Crippen LogP contribution in [0.5, 0.6) is 0 Å². The Kier molecular flexibility index (Phi) is 3.96. The van der Waals surface area contributed by atoms with Gasteiger partial charge < -0.3 is 4.74 Å². The second-order valence-corrected chi connectivity index (χ2v) is 8.29. The lowest BCUT2D eigenvalue weighted by atomic mass is 9.40. The Morgan fingerprint density at radius 3 is 1.79 bits per heavy atom. The average Bonchev–Trinajstić information content (AvgIpc) is 2.82. The van der Waals surface area contributed by atoms with Crippen LogP contribution in [0.3, 0.4) is 0 Å². The van der Waals surface area contributed by atoms with Crippen LogP contribution >= 0.6 is 0 Å². The molecule has 0 aromatic rings. The zero-order valence-electron chi connectivity index (χ0n) is 16.0. The molecule has 1 aliphatic carbocycles. The van der Waals surface area contributed by atoms with Crippen molar-refractivity contribution in [2.24, 2.45) is 27.6 Å². The molecule has 1 heteroatoms. The summed E-state index contributed by atoms with van der Waals surface area (Å²) in [5.41, 5.74) is -1.86. The predicted octanol–water partition coefficient (Wildman–Crippen LogP) is 6.24. The van der Waals surface area contributed by atoms with Crippen molar-refractivity contribution >= 4 is 0 Å². The first-order valence-electron chi connectivity index (χ1n) is 8.60. The highest BCUT2D eigenvalue weighted by Crippen LogP contribution is 2.75. The van der Waals surface area contributed by atoms with Crippen LogP contribution in [-0.4, -0.2) is 5.60 Å². The first-order valence-corrected chi connectivity index (χ1v) is 8.60. The fraction of sp³-hybridized carbons (Fsp3) is 0.478. The van der Waals surface area contributed by atoms with E-state index >= 15 is 0 Å². The fourth-order valence-corrected chi connectivity index (χ4v) is 5.10. The van der Waals surface area contributed by atoms with Crippen LogP contribution in [0.1, 0.15) is 34.6 Å². The highest BCUT2D eigenvalue weighted by Gasteiger charge is 2.73. The van der Waals surface area contributed by atoms with Crippen molar-refractivity contribution < 1.29 is 4.74 Å². The van der Waals surface area contributed by atoms with E-state index in [0.29, 0.717) is 0 Å². The molecule has 0 aromatic heterocycles. The number of allylic oxidation sites excluding steroid dienone is 6. The summed E-state index contributed by atoms with van der Waals surface area (Å²) in [6.45, 7) is 31.9. The quantitative estimate of drug-likeness (QED) is 0.544. The van der Waals surface area contributed by atoms with Gasteiger partial charge in [0.2, 0.25) is 0 Å². The van der Waals surface area contributed by atoms with E-state index in [1.807, 2.05) is 24.3 Å². The fourth-order valence-electron chi connectivity index (χ4n) is 5.10. The number of fused-ring (bicyclic) bond motifs is 1. The SMILES string of the molecule is C=CC1C=C2OC(C)(C)C(C)(C)C(C)(C=C)C2(C=C)C1(C=C)C=C. The van der Waals surface area contributed by atoms with Gasteiger partial charge in [-0.25, -0.2) is 0 Å². The van der Waals surface area contributed by atoms with Crippen molar-refractivity contribution in [2.75, 3.05) is 0 Å². The molecule has 0 radical (unpaired) electrons. The van der Waals surface area contributed by atoms with E-state index in [0.717, 1.165) is 5.76 Å². The summed E-state index contributed by atoms with van der Waals surface area (Å²) >= 11 is 0. The lowest BCUT2D eigenvalue weighted by molar-refractivity contribution is -0.209. The van der Waals surface area contributed by atoms with Gasteiger partial charge in [0.25, 0.3) is 0 Å². The van der Waals surface area contributed by atoms with Crippen LogP contribution in [0.25, 0.3) is 0 Å². The largest absolute Gasteiger partial charge is 0.491 e. The molecule has 3 unspecified atom stereocenters. The van der Waals surface area contributed by atoms with Gasteiger partial charge in [-0.3, -0.25) is 0 Å². The van der Waals surface area contributed by atoms with Gasteiger partial charge >= 0.3 is 0 Å². The average molecular weight is 325 g/mol. The summed E-state index contributed by atoms with van der Waals surface area (Å²) in [5, 5.41) is 0.